The van der Waals surface area contributed by atoms with E-state index in [4.69, 9.17) is 5.73 Å². The maximum Gasteiger partial charge on any atom is 0.255 e. The quantitative estimate of drug-likeness (QED) is 0.773. The number of thiophene rings is 1. The van der Waals surface area contributed by atoms with Gasteiger partial charge in [0.15, 0.2) is 0 Å². The van der Waals surface area contributed by atoms with E-state index < -0.39 is 5.66 Å². The van der Waals surface area contributed by atoms with Crippen molar-refractivity contribution in [1.82, 2.24) is 4.90 Å². The van der Waals surface area contributed by atoms with Crippen LogP contribution in [0.2, 0.25) is 0 Å². The molecule has 24 heavy (non-hydrogen) atoms. The Morgan fingerprint density at radius 2 is 2.29 bits per heavy atom. The Morgan fingerprint density at radius 1 is 1.42 bits per heavy atom. The van der Waals surface area contributed by atoms with Crippen LogP contribution >= 0.6 is 11.3 Å². The number of amidine groups is 1. The van der Waals surface area contributed by atoms with E-state index in [1.165, 1.54) is 6.07 Å². The molecule has 7 heteroatoms. The van der Waals surface area contributed by atoms with Crippen LogP contribution in [0.5, 0.6) is 0 Å². The minimum absolute atomic E-state index is 0.0143. The molecule has 5 rings (SSSR count). The largest absolute Gasteiger partial charge is 0.383 e. The fourth-order valence-electron chi connectivity index (χ4n) is 4.05. The molecule has 4 heterocycles. The molecule has 1 aromatic heterocycles. The number of fused-ring (bicyclic) bond motifs is 4. The van der Waals surface area contributed by atoms with Crippen LogP contribution in [0, 0.1) is 5.82 Å². The third-order valence-electron chi connectivity index (χ3n) is 5.13. The van der Waals surface area contributed by atoms with Crippen molar-refractivity contribution in [3.63, 3.8) is 0 Å². The molecule has 122 valence electrons. The van der Waals surface area contributed by atoms with Gasteiger partial charge in [0.25, 0.3) is 5.91 Å². The van der Waals surface area contributed by atoms with Gasteiger partial charge in [-0.3, -0.25) is 4.79 Å². The van der Waals surface area contributed by atoms with E-state index in [-0.39, 0.29) is 23.6 Å². The van der Waals surface area contributed by atoms with Gasteiger partial charge in [-0.05, 0) is 23.6 Å². The number of hydrogen-bond donors (Lipinski definition) is 2. The number of anilines is 1. The lowest BCUT2D eigenvalue weighted by atomic mass is 9.89. The number of nitrogens with zero attached hydrogens (tertiary/aromatic N) is 2. The molecule has 3 aliphatic rings. The highest BCUT2D eigenvalue weighted by molar-refractivity contribution is 7.10. The van der Waals surface area contributed by atoms with E-state index in [2.05, 4.69) is 10.3 Å². The number of piperidine rings is 1. The number of halogens is 1. The average molecular weight is 342 g/mol. The molecule has 0 saturated carbocycles. The normalized spacial score (nSPS) is 27.4. The molecule has 2 atom stereocenters. The van der Waals surface area contributed by atoms with Gasteiger partial charge in [-0.1, -0.05) is 6.07 Å². The number of benzene rings is 1. The van der Waals surface area contributed by atoms with E-state index in [9.17, 15) is 9.18 Å². The van der Waals surface area contributed by atoms with E-state index in [0.29, 0.717) is 30.6 Å². The van der Waals surface area contributed by atoms with Crippen LogP contribution in [-0.2, 0) is 0 Å². The van der Waals surface area contributed by atoms with E-state index in [1.54, 1.807) is 17.4 Å². The first-order valence-corrected chi connectivity index (χ1v) is 8.77. The minimum atomic E-state index is -0.585. The summed E-state index contributed by atoms with van der Waals surface area (Å²) in [6, 6.07) is 6.78. The molecule has 1 spiro atoms. The van der Waals surface area contributed by atoms with E-state index >= 15 is 0 Å². The van der Waals surface area contributed by atoms with Crippen LogP contribution in [0.15, 0.2) is 34.6 Å². The monoisotopic (exact) mass is 342 g/mol. The summed E-state index contributed by atoms with van der Waals surface area (Å²) in [6.07, 6.45) is 1.30. The number of aliphatic imine (C=N–C) groups is 1. The van der Waals surface area contributed by atoms with Crippen LogP contribution < -0.4 is 11.1 Å². The van der Waals surface area contributed by atoms with Crippen LogP contribution in [0.3, 0.4) is 0 Å². The lowest BCUT2D eigenvalue weighted by Gasteiger charge is -2.44. The van der Waals surface area contributed by atoms with Crippen molar-refractivity contribution >= 4 is 28.8 Å². The maximum absolute atomic E-state index is 14.0. The number of rotatable bonds is 0. The maximum atomic E-state index is 14.0. The fourth-order valence-corrected chi connectivity index (χ4v) is 5.05. The summed E-state index contributed by atoms with van der Waals surface area (Å²) >= 11 is 1.61. The highest BCUT2D eigenvalue weighted by atomic mass is 32.1. The number of nitrogens with two attached hydrogens (primary N) is 1. The Labute approximate surface area is 142 Å². The fraction of sp³-hybridized carbons (Fsp3) is 0.294. The second-order valence-electron chi connectivity index (χ2n) is 6.48. The predicted octanol–water partition coefficient (Wildman–Crippen LogP) is 2.71. The van der Waals surface area contributed by atoms with Crippen LogP contribution in [0.25, 0.3) is 0 Å². The van der Waals surface area contributed by atoms with Crippen molar-refractivity contribution < 1.29 is 9.18 Å². The van der Waals surface area contributed by atoms with Crippen LogP contribution in [0.4, 0.5) is 10.1 Å². The summed E-state index contributed by atoms with van der Waals surface area (Å²) in [6.45, 7) is 0.610. The number of nitrogens with one attached hydrogen (secondary N) is 1. The molecule has 1 saturated heterocycles. The second kappa shape index (κ2) is 4.57. The molecule has 0 bridgehead atoms. The van der Waals surface area contributed by atoms with Gasteiger partial charge < -0.3 is 16.0 Å². The van der Waals surface area contributed by atoms with E-state index in [0.717, 1.165) is 10.4 Å². The number of carbonyl (C=O) groups is 1. The van der Waals surface area contributed by atoms with Gasteiger partial charge >= 0.3 is 0 Å². The summed E-state index contributed by atoms with van der Waals surface area (Å²) in [5.74, 6) is -0.0403. The third kappa shape index (κ3) is 1.73. The molecule has 1 fully saturated rings. The number of hydrogen-bond acceptors (Lipinski definition) is 5. The summed E-state index contributed by atoms with van der Waals surface area (Å²) in [5.41, 5.74) is 7.32. The Hall–Kier alpha value is -2.41. The zero-order valence-electron chi connectivity index (χ0n) is 12.8. The van der Waals surface area contributed by atoms with Crippen molar-refractivity contribution in [2.24, 2.45) is 10.7 Å². The predicted molar refractivity (Wildman–Crippen MR) is 90.8 cm³/mol. The Morgan fingerprint density at radius 3 is 3.17 bits per heavy atom. The summed E-state index contributed by atoms with van der Waals surface area (Å²) in [4.78, 5) is 20.1. The van der Waals surface area contributed by atoms with Crippen molar-refractivity contribution in [2.45, 2.75) is 24.5 Å². The molecule has 3 N–H and O–H groups in total. The molecule has 1 amide bonds. The van der Waals surface area contributed by atoms with Gasteiger partial charge in [0.1, 0.15) is 17.3 Å². The van der Waals surface area contributed by atoms with Crippen molar-refractivity contribution in [3.8, 4) is 0 Å². The smallest absolute Gasteiger partial charge is 0.255 e. The Bertz CT molecular complexity index is 908. The van der Waals surface area contributed by atoms with Crippen molar-refractivity contribution in [1.29, 1.82) is 0 Å². The second-order valence-corrected chi connectivity index (χ2v) is 7.43. The molecule has 0 radical (unpaired) electrons. The molecule has 5 nitrogen and oxygen atoms in total. The first-order chi connectivity index (χ1) is 11.6. The van der Waals surface area contributed by atoms with Crippen molar-refractivity contribution in [3.05, 3.63) is 51.5 Å². The van der Waals surface area contributed by atoms with Gasteiger partial charge in [-0.25, -0.2) is 9.38 Å². The highest BCUT2D eigenvalue weighted by Crippen LogP contribution is 2.48. The van der Waals surface area contributed by atoms with Gasteiger partial charge in [0, 0.05) is 30.0 Å². The molecular formula is C17H15FN4OS. The van der Waals surface area contributed by atoms with Gasteiger partial charge in [-0.2, -0.15) is 0 Å². The summed E-state index contributed by atoms with van der Waals surface area (Å²) in [5, 5.41) is 5.35. The van der Waals surface area contributed by atoms with Gasteiger partial charge in [0.05, 0.1) is 17.2 Å². The minimum Gasteiger partial charge on any atom is -0.383 e. The molecular weight excluding hydrogens is 327 g/mol. The number of amides is 1. The van der Waals surface area contributed by atoms with Crippen LogP contribution in [0.1, 0.15) is 39.7 Å². The SMILES string of the molecule is NC1=N[C@@]2(CCN3C(=O)c4ccsc4[C@@H]3C2)Nc2cccc(F)c21. The Kier molecular flexibility index (Phi) is 2.66. The lowest BCUT2D eigenvalue weighted by molar-refractivity contribution is 0.0608. The van der Waals surface area contributed by atoms with Gasteiger partial charge in [-0.15, -0.1) is 11.3 Å². The Balaban J connectivity index is 1.56. The summed E-state index contributed by atoms with van der Waals surface area (Å²) in [7, 11) is 0. The van der Waals surface area contributed by atoms with Crippen LogP contribution in [-0.4, -0.2) is 28.9 Å². The van der Waals surface area contributed by atoms with E-state index in [1.807, 2.05) is 22.4 Å². The van der Waals surface area contributed by atoms with Gasteiger partial charge in [0.2, 0.25) is 0 Å². The molecule has 1 aromatic carbocycles. The zero-order valence-corrected chi connectivity index (χ0v) is 13.6. The first kappa shape index (κ1) is 14.0. The topological polar surface area (TPSA) is 70.7 Å². The number of carbonyl (C=O) groups excluding carboxylic acids is 1. The highest BCUT2D eigenvalue weighted by Gasteiger charge is 2.49. The third-order valence-corrected chi connectivity index (χ3v) is 6.15. The first-order valence-electron chi connectivity index (χ1n) is 7.89. The molecule has 0 aliphatic carbocycles. The average Bonchev–Trinajstić information content (AvgIpc) is 3.11. The molecule has 2 aromatic rings. The molecule has 0 unspecified atom stereocenters. The zero-order chi connectivity index (χ0) is 16.5. The van der Waals surface area contributed by atoms with Crippen molar-refractivity contribution in [2.75, 3.05) is 11.9 Å². The standard InChI is InChI=1S/C17H15FN4OS/c18-10-2-1-3-11-13(10)15(19)21-17(20-11)5-6-22-12(8-17)14-9(16(22)23)4-7-24-14/h1-4,7,12,20H,5-6,8H2,(H2,19,21)/t12-,17+/m0/s1. The summed E-state index contributed by atoms with van der Waals surface area (Å²) < 4.78 is 14.0. The molecule has 3 aliphatic heterocycles. The lowest BCUT2D eigenvalue weighted by Crippen LogP contribution is -2.51.